The normalized spacial score (nSPS) is 20.0. The molecule has 4 amide bonds. The Balaban J connectivity index is 1.62. The molecule has 0 spiro atoms. The van der Waals surface area contributed by atoms with E-state index in [-0.39, 0.29) is 11.3 Å². The average Bonchev–Trinajstić information content (AvgIpc) is 2.90. The maximum atomic E-state index is 15.2. The minimum atomic E-state index is -1.82. The van der Waals surface area contributed by atoms with Gasteiger partial charge in [0.05, 0.1) is 12.2 Å². The van der Waals surface area contributed by atoms with Gasteiger partial charge in [0.25, 0.3) is 5.91 Å². The van der Waals surface area contributed by atoms with Gasteiger partial charge in [0.1, 0.15) is 22.1 Å². The van der Waals surface area contributed by atoms with Crippen molar-refractivity contribution in [3.05, 3.63) is 53.6 Å². The molecule has 1 unspecified atom stereocenters. The average molecular weight is 589 g/mol. The number of halogens is 1. The Kier molecular flexibility index (Phi) is 9.42. The maximum absolute atomic E-state index is 15.2. The lowest BCUT2D eigenvalue weighted by atomic mass is 9.91. The van der Waals surface area contributed by atoms with Crippen molar-refractivity contribution < 1.29 is 37.6 Å². The molecule has 2 fully saturated rings. The highest BCUT2D eigenvalue weighted by atomic mass is 32.2. The minimum absolute atomic E-state index is 0.0467. The minimum Gasteiger partial charge on any atom is -0.598 e. The highest BCUT2D eigenvalue weighted by molar-refractivity contribution is 7.90. The number of rotatable bonds is 9. The number of Topliss-reactive ketones (excluding diaryl/α,β-unsaturated/α-hetero) is 1. The number of ketones is 1. The van der Waals surface area contributed by atoms with Crippen LogP contribution in [0.2, 0.25) is 0 Å². The number of imide groups is 2. The summed E-state index contributed by atoms with van der Waals surface area (Å²) in [5.41, 5.74) is 0.734. The molecule has 13 heteroatoms. The molecule has 4 rings (SSSR count). The number of barbiturate groups is 1. The van der Waals surface area contributed by atoms with E-state index in [2.05, 4.69) is 15.0 Å². The Morgan fingerprint density at radius 2 is 1.90 bits per heavy atom. The second kappa shape index (κ2) is 12.6. The number of urea groups is 1. The van der Waals surface area contributed by atoms with Crippen molar-refractivity contribution in [3.63, 3.8) is 0 Å². The molecule has 0 aliphatic carbocycles. The van der Waals surface area contributed by atoms with Gasteiger partial charge in [-0.2, -0.15) is 0 Å². The predicted octanol–water partition coefficient (Wildman–Crippen LogP) is 3.25. The second-order valence-corrected chi connectivity index (χ2v) is 12.9. The summed E-state index contributed by atoms with van der Waals surface area (Å²) in [7, 11) is 0. The third-order valence-electron chi connectivity index (χ3n) is 6.75. The standard InChI is InChI=1S/C28H33FN4O7S/c1-16-5-6-19(15-30-16)40-18-7-8-21(29)20(13-18)22(32-41(38)28(2,3)4)14-23(34)24-25(35)31-27(37)33(26(24)36)17-9-11-39-12-10-17/h5-8,13,15,17,22,24,32H,9-12,14H2,1-4H3,(H,31,35,37)/t22-,24?,41+/m1/s1. The van der Waals surface area contributed by atoms with Crippen LogP contribution in [0.15, 0.2) is 36.5 Å². The summed E-state index contributed by atoms with van der Waals surface area (Å²) in [6.07, 6.45) is 1.69. The van der Waals surface area contributed by atoms with E-state index in [1.807, 2.05) is 6.92 Å². The Labute approximate surface area is 240 Å². The van der Waals surface area contributed by atoms with Crippen LogP contribution in [0.1, 0.15) is 57.3 Å². The molecule has 1 aromatic heterocycles. The number of benzene rings is 1. The third-order valence-corrected chi connectivity index (χ3v) is 8.36. The monoisotopic (exact) mass is 588 g/mol. The first-order valence-electron chi connectivity index (χ1n) is 13.2. The molecule has 41 heavy (non-hydrogen) atoms. The molecule has 3 atom stereocenters. The van der Waals surface area contributed by atoms with Crippen molar-refractivity contribution in [2.75, 3.05) is 13.2 Å². The fraction of sp³-hybridized carbons (Fsp3) is 0.464. The van der Waals surface area contributed by atoms with E-state index in [0.29, 0.717) is 31.8 Å². The number of carbonyl (C=O) groups is 4. The summed E-state index contributed by atoms with van der Waals surface area (Å²) in [6, 6.07) is 4.74. The topological polar surface area (TPSA) is 150 Å². The molecule has 2 N–H and O–H groups in total. The zero-order chi connectivity index (χ0) is 29.9. The summed E-state index contributed by atoms with van der Waals surface area (Å²) in [4.78, 5) is 57.2. The molecule has 2 aliphatic heterocycles. The number of ether oxygens (including phenoxy) is 2. The Morgan fingerprint density at radius 3 is 2.54 bits per heavy atom. The van der Waals surface area contributed by atoms with E-state index in [9.17, 15) is 23.7 Å². The summed E-state index contributed by atoms with van der Waals surface area (Å²) in [5.74, 6) is -4.74. The molecule has 1 aromatic carbocycles. The molecule has 0 radical (unpaired) electrons. The second-order valence-electron chi connectivity index (χ2n) is 10.9. The van der Waals surface area contributed by atoms with Gasteiger partial charge < -0.3 is 14.0 Å². The fourth-order valence-electron chi connectivity index (χ4n) is 4.51. The first-order valence-corrected chi connectivity index (χ1v) is 14.4. The number of nitrogens with one attached hydrogen (secondary N) is 2. The highest BCUT2D eigenvalue weighted by Crippen LogP contribution is 2.32. The number of pyridine rings is 1. The van der Waals surface area contributed by atoms with Gasteiger partial charge in [-0.15, -0.1) is 4.72 Å². The first kappa shape index (κ1) is 30.6. The van der Waals surface area contributed by atoms with E-state index < -0.39 is 70.0 Å². The molecular formula is C28H33FN4O7S. The van der Waals surface area contributed by atoms with Gasteiger partial charge in [-0.25, -0.2) is 9.18 Å². The van der Waals surface area contributed by atoms with Gasteiger partial charge in [0.15, 0.2) is 11.7 Å². The smallest absolute Gasteiger partial charge is 0.331 e. The van der Waals surface area contributed by atoms with E-state index in [1.165, 1.54) is 18.3 Å². The Morgan fingerprint density at radius 1 is 1.22 bits per heavy atom. The lowest BCUT2D eigenvalue weighted by molar-refractivity contribution is -0.149. The molecule has 2 aromatic rings. The zero-order valence-corrected chi connectivity index (χ0v) is 24.1. The maximum Gasteiger partial charge on any atom is 0.331 e. The number of hydrogen-bond acceptors (Lipinski definition) is 9. The number of nitrogens with zero attached hydrogens (tertiary/aromatic N) is 2. The van der Waals surface area contributed by atoms with Crippen molar-refractivity contribution in [3.8, 4) is 11.5 Å². The van der Waals surface area contributed by atoms with Crippen molar-refractivity contribution in [1.29, 1.82) is 0 Å². The van der Waals surface area contributed by atoms with Crippen molar-refractivity contribution in [2.24, 2.45) is 5.92 Å². The fourth-order valence-corrected chi connectivity index (χ4v) is 5.33. The van der Waals surface area contributed by atoms with Crippen LogP contribution in [-0.2, 0) is 30.5 Å². The van der Waals surface area contributed by atoms with Gasteiger partial charge in [-0.05, 0) is 70.9 Å². The molecule has 220 valence electrons. The van der Waals surface area contributed by atoms with Crippen LogP contribution < -0.4 is 14.8 Å². The quantitative estimate of drug-likeness (QED) is 0.332. The number of aryl methyl sites for hydroxylation is 1. The molecule has 3 heterocycles. The lowest BCUT2D eigenvalue weighted by Crippen LogP contribution is -2.63. The van der Waals surface area contributed by atoms with Gasteiger partial charge in [0.2, 0.25) is 5.91 Å². The van der Waals surface area contributed by atoms with Crippen molar-refractivity contribution >= 4 is 35.0 Å². The zero-order valence-electron chi connectivity index (χ0n) is 23.3. The van der Waals surface area contributed by atoms with Crippen LogP contribution in [0.3, 0.4) is 0 Å². The van der Waals surface area contributed by atoms with Gasteiger partial charge >= 0.3 is 6.03 Å². The van der Waals surface area contributed by atoms with E-state index in [0.717, 1.165) is 16.7 Å². The summed E-state index contributed by atoms with van der Waals surface area (Å²) >= 11 is -1.76. The highest BCUT2D eigenvalue weighted by Gasteiger charge is 2.48. The lowest BCUT2D eigenvalue weighted by Gasteiger charge is -2.37. The third kappa shape index (κ3) is 7.28. The summed E-state index contributed by atoms with van der Waals surface area (Å²) in [6.45, 7) is 7.57. The van der Waals surface area contributed by atoms with E-state index >= 15 is 4.39 Å². The first-order chi connectivity index (χ1) is 19.3. The molecule has 0 bridgehead atoms. The van der Waals surface area contributed by atoms with Crippen molar-refractivity contribution in [1.82, 2.24) is 19.9 Å². The van der Waals surface area contributed by atoms with Crippen LogP contribution in [0.5, 0.6) is 11.5 Å². The molecule has 2 aliphatic rings. The van der Waals surface area contributed by atoms with Crippen molar-refractivity contribution in [2.45, 2.75) is 63.8 Å². The Bertz CT molecular complexity index is 1310. The van der Waals surface area contributed by atoms with E-state index in [1.54, 1.807) is 32.9 Å². The molecule has 2 saturated heterocycles. The van der Waals surface area contributed by atoms with Crippen LogP contribution in [-0.4, -0.2) is 62.1 Å². The van der Waals surface area contributed by atoms with Crippen LogP contribution in [0, 0.1) is 18.7 Å². The van der Waals surface area contributed by atoms with Crippen LogP contribution in [0.25, 0.3) is 0 Å². The van der Waals surface area contributed by atoms with Gasteiger partial charge in [-0.1, -0.05) is 0 Å². The summed E-state index contributed by atoms with van der Waals surface area (Å²) < 4.78 is 41.4. The molecule has 0 saturated carbocycles. The SMILES string of the molecule is Cc1ccc(Oc2ccc(F)c([C@@H](CC(=O)C3C(=O)NC(=O)N(C4CCOCC4)C3=O)N[S@@+]([O-])C(C)(C)C)c2)cn1. The number of hydrogen-bond donors (Lipinski definition) is 2. The summed E-state index contributed by atoms with van der Waals surface area (Å²) in [5, 5.41) is 2.10. The molecule has 11 nitrogen and oxygen atoms in total. The van der Waals surface area contributed by atoms with E-state index in [4.69, 9.17) is 9.47 Å². The van der Waals surface area contributed by atoms with Gasteiger partial charge in [0, 0.05) is 48.3 Å². The molecular weight excluding hydrogens is 555 g/mol. The largest absolute Gasteiger partial charge is 0.598 e. The number of carbonyl (C=O) groups excluding carboxylic acids is 4. The van der Waals surface area contributed by atoms with Gasteiger partial charge in [-0.3, -0.25) is 29.6 Å². The number of aromatic nitrogens is 1. The predicted molar refractivity (Wildman–Crippen MR) is 147 cm³/mol. The van der Waals surface area contributed by atoms with Crippen LogP contribution >= 0.6 is 0 Å². The Hall–Kier alpha value is -3.39. The van der Waals surface area contributed by atoms with Crippen LogP contribution in [0.4, 0.5) is 9.18 Å². The number of amides is 4.